The van der Waals surface area contributed by atoms with Crippen LogP contribution in [0.3, 0.4) is 0 Å². The van der Waals surface area contributed by atoms with E-state index in [0.717, 1.165) is 50.8 Å². The Labute approximate surface area is 177 Å². The third-order valence-electron chi connectivity index (χ3n) is 6.88. The third-order valence-corrected chi connectivity index (χ3v) is 6.88. The van der Waals surface area contributed by atoms with Crippen molar-refractivity contribution in [2.75, 3.05) is 51.3 Å². The van der Waals surface area contributed by atoms with Crippen molar-refractivity contribution in [1.82, 2.24) is 0 Å². The van der Waals surface area contributed by atoms with Crippen LogP contribution >= 0.6 is 0 Å². The summed E-state index contributed by atoms with van der Waals surface area (Å²) in [6, 6.07) is 8.22. The number of ether oxygens (including phenoxy) is 2. The normalized spacial score (nSPS) is 27.2. The Hall–Kier alpha value is -1.30. The van der Waals surface area contributed by atoms with Crippen molar-refractivity contribution < 1.29 is 19.5 Å². The lowest BCUT2D eigenvalue weighted by Crippen LogP contribution is -3.16. The van der Waals surface area contributed by atoms with Crippen molar-refractivity contribution in [3.05, 3.63) is 24.3 Å². The molecule has 2 fully saturated rings. The zero-order chi connectivity index (χ0) is 20.8. The monoisotopic (exact) mass is 405 g/mol. The van der Waals surface area contributed by atoms with E-state index in [4.69, 9.17) is 9.47 Å². The molecule has 4 atom stereocenters. The van der Waals surface area contributed by atoms with Gasteiger partial charge in [-0.25, -0.2) is 0 Å². The summed E-state index contributed by atoms with van der Waals surface area (Å²) in [5.74, 6) is 2.96. The number of hydrogen-bond donors (Lipinski definition) is 2. The van der Waals surface area contributed by atoms with Crippen LogP contribution in [0, 0.1) is 17.8 Å². The number of aliphatic hydroxyl groups excluding tert-OH is 1. The van der Waals surface area contributed by atoms with E-state index in [9.17, 15) is 5.11 Å². The van der Waals surface area contributed by atoms with E-state index in [-0.39, 0.29) is 6.10 Å². The Morgan fingerprint density at radius 2 is 1.90 bits per heavy atom. The SMILES string of the molecule is COc1ccccc1N1CC[NH+](C[C@@H](O)CO[C@@H]2C[C@H](C)CC[C@H]2C(C)C)CC1. The molecule has 1 heterocycles. The second kappa shape index (κ2) is 10.6. The van der Waals surface area contributed by atoms with Gasteiger partial charge >= 0.3 is 0 Å². The highest BCUT2D eigenvalue weighted by molar-refractivity contribution is 5.58. The van der Waals surface area contributed by atoms with Gasteiger partial charge in [-0.1, -0.05) is 39.3 Å². The second-order valence-electron chi connectivity index (χ2n) is 9.46. The molecule has 0 bridgehead atoms. The summed E-state index contributed by atoms with van der Waals surface area (Å²) in [7, 11) is 1.73. The largest absolute Gasteiger partial charge is 0.495 e. The van der Waals surface area contributed by atoms with Crippen molar-refractivity contribution in [2.24, 2.45) is 17.8 Å². The predicted molar refractivity (Wildman–Crippen MR) is 118 cm³/mol. The zero-order valence-electron chi connectivity index (χ0n) is 18.8. The molecule has 1 aliphatic heterocycles. The Kier molecular flexibility index (Phi) is 8.22. The number of hydrogen-bond acceptors (Lipinski definition) is 4. The fourth-order valence-electron chi connectivity index (χ4n) is 5.09. The highest BCUT2D eigenvalue weighted by atomic mass is 16.5. The number of para-hydroxylation sites is 2. The first-order valence-corrected chi connectivity index (χ1v) is 11.5. The van der Waals surface area contributed by atoms with Gasteiger partial charge < -0.3 is 24.4 Å². The first-order valence-electron chi connectivity index (χ1n) is 11.5. The van der Waals surface area contributed by atoms with E-state index in [0.29, 0.717) is 24.5 Å². The molecule has 5 nitrogen and oxygen atoms in total. The average Bonchev–Trinajstić information content (AvgIpc) is 2.72. The van der Waals surface area contributed by atoms with Crippen molar-refractivity contribution in [1.29, 1.82) is 0 Å². The zero-order valence-corrected chi connectivity index (χ0v) is 18.8. The van der Waals surface area contributed by atoms with E-state index in [1.807, 2.05) is 12.1 Å². The number of anilines is 1. The molecular formula is C24H41N2O3+. The molecule has 1 aromatic rings. The molecule has 0 amide bonds. The van der Waals surface area contributed by atoms with Gasteiger partial charge in [0.2, 0.25) is 0 Å². The molecule has 3 rings (SSSR count). The first kappa shape index (κ1) is 22.4. The van der Waals surface area contributed by atoms with Crippen LogP contribution in [0.15, 0.2) is 24.3 Å². The topological polar surface area (TPSA) is 46.4 Å². The lowest BCUT2D eigenvalue weighted by Gasteiger charge is -2.38. The molecular weight excluding hydrogens is 364 g/mol. The summed E-state index contributed by atoms with van der Waals surface area (Å²) in [6.07, 6.45) is 3.64. The molecule has 29 heavy (non-hydrogen) atoms. The fourth-order valence-corrected chi connectivity index (χ4v) is 5.09. The number of methoxy groups -OCH3 is 1. The van der Waals surface area contributed by atoms with Crippen LogP contribution in [0.25, 0.3) is 0 Å². The summed E-state index contributed by atoms with van der Waals surface area (Å²) in [4.78, 5) is 3.85. The minimum atomic E-state index is -0.382. The fraction of sp³-hybridized carbons (Fsp3) is 0.750. The third kappa shape index (κ3) is 6.09. The van der Waals surface area contributed by atoms with Crippen LogP contribution in [-0.2, 0) is 4.74 Å². The number of nitrogens with zero attached hydrogens (tertiary/aromatic N) is 1. The highest BCUT2D eigenvalue weighted by Gasteiger charge is 2.32. The van der Waals surface area contributed by atoms with Crippen LogP contribution < -0.4 is 14.5 Å². The Morgan fingerprint density at radius 1 is 1.17 bits per heavy atom. The maximum absolute atomic E-state index is 10.6. The highest BCUT2D eigenvalue weighted by Crippen LogP contribution is 2.35. The molecule has 0 aromatic heterocycles. The average molecular weight is 406 g/mol. The van der Waals surface area contributed by atoms with Gasteiger partial charge in [0, 0.05) is 0 Å². The number of aliphatic hydroxyl groups is 1. The van der Waals surface area contributed by atoms with E-state index >= 15 is 0 Å². The summed E-state index contributed by atoms with van der Waals surface area (Å²) in [6.45, 7) is 12.2. The van der Waals surface area contributed by atoms with Crippen molar-refractivity contribution in [3.63, 3.8) is 0 Å². The van der Waals surface area contributed by atoms with Crippen LogP contribution in [0.2, 0.25) is 0 Å². The number of rotatable bonds is 8. The van der Waals surface area contributed by atoms with Crippen LogP contribution in [0.5, 0.6) is 5.75 Å². The minimum absolute atomic E-state index is 0.311. The van der Waals surface area contributed by atoms with Crippen LogP contribution in [-0.4, -0.2) is 63.8 Å². The van der Waals surface area contributed by atoms with Crippen molar-refractivity contribution in [2.45, 2.75) is 52.2 Å². The predicted octanol–water partition coefficient (Wildman–Crippen LogP) is 2.24. The lowest BCUT2D eigenvalue weighted by molar-refractivity contribution is -0.903. The Bertz CT molecular complexity index is 616. The number of benzene rings is 1. The summed E-state index contributed by atoms with van der Waals surface area (Å²) >= 11 is 0. The lowest BCUT2D eigenvalue weighted by atomic mass is 9.75. The van der Waals surface area contributed by atoms with Crippen LogP contribution in [0.1, 0.15) is 40.0 Å². The molecule has 2 N–H and O–H groups in total. The van der Waals surface area contributed by atoms with Gasteiger partial charge in [0.1, 0.15) is 18.4 Å². The Morgan fingerprint density at radius 3 is 2.59 bits per heavy atom. The van der Waals surface area contributed by atoms with Crippen molar-refractivity contribution in [3.8, 4) is 5.75 Å². The standard InChI is InChI=1S/C24H40N2O3/c1-18(2)21-10-9-19(3)15-24(21)29-17-20(27)16-25-11-13-26(14-12-25)22-7-5-6-8-23(22)28-4/h5-8,18-21,24,27H,9-17H2,1-4H3/p+1/t19-,20-,21+,24-/m1/s1. The van der Waals surface area contributed by atoms with E-state index < -0.39 is 0 Å². The molecule has 1 aromatic carbocycles. The molecule has 1 saturated heterocycles. The van der Waals surface area contributed by atoms with Gasteiger partial charge in [0.25, 0.3) is 0 Å². The van der Waals surface area contributed by atoms with Gasteiger partial charge in [-0.3, -0.25) is 0 Å². The van der Waals surface area contributed by atoms with E-state index in [1.165, 1.54) is 23.4 Å². The maximum Gasteiger partial charge on any atom is 0.142 e. The molecule has 0 spiro atoms. The van der Waals surface area contributed by atoms with E-state index in [1.54, 1.807) is 7.11 Å². The maximum atomic E-state index is 10.6. The molecule has 5 heteroatoms. The molecule has 164 valence electrons. The molecule has 2 aliphatic rings. The summed E-state index contributed by atoms with van der Waals surface area (Å²) in [5, 5.41) is 10.6. The molecule has 1 aliphatic carbocycles. The first-order chi connectivity index (χ1) is 14.0. The van der Waals surface area contributed by atoms with Crippen LogP contribution in [0.4, 0.5) is 5.69 Å². The number of quaternary nitrogens is 1. The smallest absolute Gasteiger partial charge is 0.142 e. The number of piperazine rings is 1. The van der Waals surface area contributed by atoms with E-state index in [2.05, 4.69) is 37.8 Å². The summed E-state index contributed by atoms with van der Waals surface area (Å²) in [5.41, 5.74) is 1.17. The van der Waals surface area contributed by atoms with Gasteiger partial charge in [-0.15, -0.1) is 0 Å². The molecule has 0 radical (unpaired) electrons. The number of nitrogens with one attached hydrogen (secondary N) is 1. The van der Waals surface area contributed by atoms with Gasteiger partial charge in [-0.2, -0.15) is 0 Å². The van der Waals surface area contributed by atoms with Crippen molar-refractivity contribution >= 4 is 5.69 Å². The van der Waals surface area contributed by atoms with Gasteiger partial charge in [0.05, 0.1) is 51.7 Å². The minimum Gasteiger partial charge on any atom is -0.495 e. The molecule has 1 saturated carbocycles. The Balaban J connectivity index is 1.43. The quantitative estimate of drug-likeness (QED) is 0.696. The van der Waals surface area contributed by atoms with Gasteiger partial charge in [0.15, 0.2) is 0 Å². The molecule has 0 unspecified atom stereocenters. The summed E-state index contributed by atoms with van der Waals surface area (Å²) < 4.78 is 11.8. The van der Waals surface area contributed by atoms with Gasteiger partial charge in [-0.05, 0) is 42.7 Å². The second-order valence-corrected chi connectivity index (χ2v) is 9.46.